The van der Waals surface area contributed by atoms with Crippen molar-refractivity contribution in [1.82, 2.24) is 30.5 Å². The van der Waals surface area contributed by atoms with Crippen molar-refractivity contribution in [3.63, 3.8) is 0 Å². The molecule has 0 saturated carbocycles. The van der Waals surface area contributed by atoms with Gasteiger partial charge in [-0.1, -0.05) is 29.5 Å². The normalized spacial score (nSPS) is 14.2. The summed E-state index contributed by atoms with van der Waals surface area (Å²) in [5.41, 5.74) is 3.50. The van der Waals surface area contributed by atoms with Gasteiger partial charge in [0, 0.05) is 35.7 Å². The van der Waals surface area contributed by atoms with Crippen LogP contribution in [0.2, 0.25) is 0 Å². The van der Waals surface area contributed by atoms with E-state index in [0.29, 0.717) is 17.2 Å². The zero-order valence-electron chi connectivity index (χ0n) is 16.2. The van der Waals surface area contributed by atoms with Crippen molar-refractivity contribution in [3.05, 3.63) is 71.5 Å². The van der Waals surface area contributed by atoms with Crippen LogP contribution in [0.1, 0.15) is 29.4 Å². The van der Waals surface area contributed by atoms with Gasteiger partial charge in [-0.2, -0.15) is 8.78 Å². The van der Waals surface area contributed by atoms with Crippen LogP contribution in [0.25, 0.3) is 22.7 Å². The minimum absolute atomic E-state index is 0.162. The fourth-order valence-corrected chi connectivity index (χ4v) is 3.41. The molecule has 0 atom stereocenters. The maximum atomic E-state index is 14.6. The maximum Gasteiger partial charge on any atom is 0.314 e. The number of aromatic nitrogens is 5. The third-order valence-electron chi connectivity index (χ3n) is 5.23. The highest BCUT2D eigenvalue weighted by Gasteiger charge is 2.20. The van der Waals surface area contributed by atoms with Crippen molar-refractivity contribution in [2.45, 2.75) is 18.9 Å². The molecule has 1 saturated heterocycles. The molecule has 0 unspecified atom stereocenters. The molecule has 0 spiro atoms. The van der Waals surface area contributed by atoms with Gasteiger partial charge in [0.05, 0.1) is 12.7 Å². The summed E-state index contributed by atoms with van der Waals surface area (Å²) < 4.78 is 46.2. The number of benzene rings is 2. The first kappa shape index (κ1) is 19.4. The smallest absolute Gasteiger partial charge is 0.314 e. The van der Waals surface area contributed by atoms with Gasteiger partial charge in [0.15, 0.2) is 0 Å². The summed E-state index contributed by atoms with van der Waals surface area (Å²) in [5.74, 6) is -0.985. The Balaban J connectivity index is 1.33. The van der Waals surface area contributed by atoms with E-state index >= 15 is 0 Å². The van der Waals surface area contributed by atoms with Crippen molar-refractivity contribution in [2.75, 3.05) is 13.1 Å². The lowest BCUT2D eigenvalue weighted by atomic mass is 9.92. The lowest BCUT2D eigenvalue weighted by molar-refractivity contribution is 0.116. The van der Waals surface area contributed by atoms with Crippen LogP contribution in [0.3, 0.4) is 0 Å². The molecule has 10 heteroatoms. The van der Waals surface area contributed by atoms with E-state index < -0.39 is 18.1 Å². The van der Waals surface area contributed by atoms with Gasteiger partial charge in [0.25, 0.3) is 5.89 Å². The van der Waals surface area contributed by atoms with E-state index in [1.807, 2.05) is 12.1 Å². The summed E-state index contributed by atoms with van der Waals surface area (Å²) in [5, 5.41) is 18.4. The molecule has 0 bridgehead atoms. The van der Waals surface area contributed by atoms with Crippen molar-refractivity contribution < 1.29 is 17.6 Å². The van der Waals surface area contributed by atoms with Crippen LogP contribution in [-0.4, -0.2) is 38.3 Å². The molecule has 0 amide bonds. The van der Waals surface area contributed by atoms with Crippen LogP contribution >= 0.6 is 0 Å². The minimum atomic E-state index is -2.88. The second-order valence-corrected chi connectivity index (χ2v) is 7.33. The summed E-state index contributed by atoms with van der Waals surface area (Å²) in [4.78, 5) is 0. The zero-order chi connectivity index (χ0) is 21.4. The Morgan fingerprint density at radius 1 is 1.06 bits per heavy atom. The number of hydrogen-bond acceptors (Lipinski definition) is 6. The van der Waals surface area contributed by atoms with Crippen LogP contribution in [0.4, 0.5) is 13.2 Å². The van der Waals surface area contributed by atoms with Gasteiger partial charge in [-0.25, -0.2) is 9.07 Å². The van der Waals surface area contributed by atoms with Gasteiger partial charge in [0.1, 0.15) is 11.5 Å². The van der Waals surface area contributed by atoms with Gasteiger partial charge >= 0.3 is 6.43 Å². The van der Waals surface area contributed by atoms with E-state index in [2.05, 4.69) is 38.0 Å². The molecule has 0 aliphatic carbocycles. The van der Waals surface area contributed by atoms with Crippen molar-refractivity contribution in [1.29, 1.82) is 0 Å². The Morgan fingerprint density at radius 3 is 2.65 bits per heavy atom. The number of nitrogens with zero attached hydrogens (tertiary/aromatic N) is 5. The molecule has 1 aliphatic rings. The molecule has 0 radical (unpaired) electrons. The first-order valence-corrected chi connectivity index (χ1v) is 9.68. The molecular weight excluding hydrogens is 409 g/mol. The van der Waals surface area contributed by atoms with Crippen LogP contribution < -0.4 is 5.32 Å². The lowest BCUT2D eigenvalue weighted by Gasteiger charge is -2.27. The fraction of sp³-hybridized carbons (Fsp3) is 0.238. The number of hydrogen-bond donors (Lipinski definition) is 1. The van der Waals surface area contributed by atoms with E-state index in [9.17, 15) is 13.2 Å². The quantitative estimate of drug-likeness (QED) is 0.505. The Hall–Kier alpha value is -3.53. The summed E-state index contributed by atoms with van der Waals surface area (Å²) in [6.07, 6.45) is -1.11. The number of nitrogens with one attached hydrogen (secondary N) is 1. The van der Waals surface area contributed by atoms with Crippen LogP contribution in [0.5, 0.6) is 0 Å². The van der Waals surface area contributed by atoms with Crippen molar-refractivity contribution >= 4 is 0 Å². The van der Waals surface area contributed by atoms with Gasteiger partial charge in [-0.05, 0) is 23.8 Å². The highest BCUT2D eigenvalue weighted by molar-refractivity contribution is 5.59. The second kappa shape index (κ2) is 7.95. The standard InChI is InChI=1S/C21H17F3N6O/c22-17-7-14(20-27-28-21(31-20)19(23)24)4-5-15(17)10-30-11-18(26-29-30)13-3-1-2-12(6-13)16-8-25-9-16/h1-7,11,16,19,25H,8-10H2. The van der Waals surface area contributed by atoms with Crippen LogP contribution in [0, 0.1) is 5.82 Å². The van der Waals surface area contributed by atoms with E-state index in [0.717, 1.165) is 18.7 Å². The second-order valence-electron chi connectivity index (χ2n) is 7.33. The Labute approximate surface area is 174 Å². The number of rotatable bonds is 6. The Kier molecular flexibility index (Phi) is 4.99. The average Bonchev–Trinajstić information content (AvgIpc) is 3.38. The molecule has 1 fully saturated rings. The molecule has 2 aromatic carbocycles. The number of halogens is 3. The Morgan fingerprint density at radius 2 is 1.94 bits per heavy atom. The van der Waals surface area contributed by atoms with E-state index in [1.165, 1.54) is 23.8 Å². The molecule has 158 valence electrons. The average molecular weight is 426 g/mol. The summed E-state index contributed by atoms with van der Waals surface area (Å²) in [6, 6.07) is 12.4. The van der Waals surface area contributed by atoms with Gasteiger partial charge in [-0.3, -0.25) is 0 Å². The monoisotopic (exact) mass is 426 g/mol. The fourth-order valence-electron chi connectivity index (χ4n) is 3.41. The van der Waals surface area contributed by atoms with E-state index in [1.54, 1.807) is 10.9 Å². The molecular formula is C21H17F3N6O. The van der Waals surface area contributed by atoms with E-state index in [-0.39, 0.29) is 18.0 Å². The SMILES string of the molecule is Fc1cc(-c2nnc(C(F)F)o2)ccc1Cn1cc(-c2cccc(C3CNC3)c2)nn1. The molecule has 1 N–H and O–H groups in total. The first-order valence-electron chi connectivity index (χ1n) is 9.68. The highest BCUT2D eigenvalue weighted by Crippen LogP contribution is 2.26. The molecule has 3 heterocycles. The summed E-state index contributed by atoms with van der Waals surface area (Å²) in [7, 11) is 0. The lowest BCUT2D eigenvalue weighted by Crippen LogP contribution is -2.39. The largest absolute Gasteiger partial charge is 0.415 e. The molecule has 5 rings (SSSR count). The third kappa shape index (κ3) is 3.93. The summed E-state index contributed by atoms with van der Waals surface area (Å²) in [6.45, 7) is 2.11. The van der Waals surface area contributed by atoms with Crippen LogP contribution in [-0.2, 0) is 6.54 Å². The maximum absolute atomic E-state index is 14.6. The highest BCUT2D eigenvalue weighted by atomic mass is 19.3. The molecule has 31 heavy (non-hydrogen) atoms. The molecule has 4 aromatic rings. The molecule has 2 aromatic heterocycles. The topological polar surface area (TPSA) is 81.7 Å². The molecule has 7 nitrogen and oxygen atoms in total. The van der Waals surface area contributed by atoms with E-state index in [4.69, 9.17) is 4.42 Å². The van der Waals surface area contributed by atoms with Crippen LogP contribution in [0.15, 0.2) is 53.1 Å². The first-order chi connectivity index (χ1) is 15.1. The van der Waals surface area contributed by atoms with Crippen molar-refractivity contribution in [2.24, 2.45) is 0 Å². The summed E-state index contributed by atoms with van der Waals surface area (Å²) >= 11 is 0. The van der Waals surface area contributed by atoms with Gasteiger partial charge in [-0.15, -0.1) is 15.3 Å². The minimum Gasteiger partial charge on any atom is -0.415 e. The zero-order valence-corrected chi connectivity index (χ0v) is 16.2. The predicted octanol–water partition coefficient (Wildman–Crippen LogP) is 3.81. The number of alkyl halides is 2. The predicted molar refractivity (Wildman–Crippen MR) is 105 cm³/mol. The Bertz CT molecular complexity index is 1220. The van der Waals surface area contributed by atoms with Gasteiger partial charge in [0.2, 0.25) is 5.89 Å². The van der Waals surface area contributed by atoms with Gasteiger partial charge < -0.3 is 9.73 Å². The van der Waals surface area contributed by atoms with Crippen molar-refractivity contribution in [3.8, 4) is 22.7 Å². The molecule has 1 aliphatic heterocycles. The third-order valence-corrected chi connectivity index (χ3v) is 5.23.